The monoisotopic (exact) mass is 495 g/mol. The third-order valence-electron chi connectivity index (χ3n) is 8.31. The number of nitrogens with two attached hydrogens (primary N) is 1. The van der Waals surface area contributed by atoms with E-state index in [0.717, 1.165) is 69.2 Å². The average Bonchev–Trinajstić information content (AvgIpc) is 2.92. The van der Waals surface area contributed by atoms with Gasteiger partial charge in [-0.25, -0.2) is 0 Å². The molecule has 6 nitrogen and oxygen atoms in total. The molecule has 1 heterocycles. The normalized spacial score (nSPS) is 22.8. The van der Waals surface area contributed by atoms with Crippen LogP contribution in [0.15, 0.2) is 36.4 Å². The second-order valence-corrected chi connectivity index (χ2v) is 10.4. The third-order valence-corrected chi connectivity index (χ3v) is 8.31. The van der Waals surface area contributed by atoms with Crippen LogP contribution in [0.2, 0.25) is 0 Å². The molecule has 0 amide bonds. The van der Waals surface area contributed by atoms with E-state index in [1.165, 1.54) is 42.4 Å². The van der Waals surface area contributed by atoms with Gasteiger partial charge in [0.05, 0.1) is 27.0 Å². The molecule has 198 valence electrons. The second kappa shape index (κ2) is 12.3. The molecule has 1 saturated heterocycles. The van der Waals surface area contributed by atoms with Crippen molar-refractivity contribution in [2.24, 2.45) is 5.73 Å². The molecule has 2 aliphatic rings. The maximum atomic E-state index is 7.42. The van der Waals surface area contributed by atoms with Crippen LogP contribution in [0, 0.1) is 0 Å². The molecule has 0 radical (unpaired) electrons. The first kappa shape index (κ1) is 26.8. The Kier molecular flexibility index (Phi) is 9.15. The Bertz CT molecular complexity index is 972. The predicted octanol–water partition coefficient (Wildman–Crippen LogP) is 5.19. The fourth-order valence-electron chi connectivity index (χ4n) is 6.23. The molecule has 4 rings (SSSR count). The van der Waals surface area contributed by atoms with E-state index in [-0.39, 0.29) is 5.66 Å². The fourth-order valence-corrected chi connectivity index (χ4v) is 6.23. The number of hydrogen-bond acceptors (Lipinski definition) is 6. The lowest BCUT2D eigenvalue weighted by molar-refractivity contribution is 0.00214. The van der Waals surface area contributed by atoms with Crippen LogP contribution < -0.4 is 19.9 Å². The zero-order chi connectivity index (χ0) is 25.5. The Morgan fingerprint density at radius 3 is 2.28 bits per heavy atom. The number of piperazine rings is 1. The van der Waals surface area contributed by atoms with E-state index < -0.39 is 0 Å². The minimum Gasteiger partial charge on any atom is -0.497 e. The molecule has 1 aliphatic heterocycles. The van der Waals surface area contributed by atoms with Crippen LogP contribution in [0.1, 0.15) is 68.1 Å². The molecule has 2 unspecified atom stereocenters. The molecule has 0 spiro atoms. The van der Waals surface area contributed by atoms with Crippen molar-refractivity contribution in [3.63, 3.8) is 0 Å². The number of unbranched alkanes of at least 4 members (excludes halogenated alkanes) is 3. The van der Waals surface area contributed by atoms with Gasteiger partial charge in [0, 0.05) is 44.2 Å². The summed E-state index contributed by atoms with van der Waals surface area (Å²) in [5.74, 6) is 2.91. The highest BCUT2D eigenvalue weighted by atomic mass is 16.5. The standard InChI is InChI=1S/C30H45N3O3/c1-5-6-7-8-9-27-25-14-15-28(35-3)29(36-4)26(25)16-17-30(27,31)33-20-18-32(19-21-33)22-23-10-12-24(34-2)13-11-23/h10-15,27H,5-9,16-22,31H2,1-4H3. The number of hydrogen-bond donors (Lipinski definition) is 1. The maximum Gasteiger partial charge on any atom is 0.164 e. The zero-order valence-corrected chi connectivity index (χ0v) is 22.7. The van der Waals surface area contributed by atoms with E-state index in [1.54, 1.807) is 21.3 Å². The molecule has 2 atom stereocenters. The largest absolute Gasteiger partial charge is 0.497 e. The number of fused-ring (bicyclic) bond motifs is 1. The van der Waals surface area contributed by atoms with Crippen LogP contribution in [0.3, 0.4) is 0 Å². The van der Waals surface area contributed by atoms with Crippen molar-refractivity contribution >= 4 is 0 Å². The van der Waals surface area contributed by atoms with Crippen LogP contribution in [-0.2, 0) is 13.0 Å². The molecule has 0 bridgehead atoms. The minimum absolute atomic E-state index is 0.297. The lowest BCUT2D eigenvalue weighted by Crippen LogP contribution is -2.65. The molecule has 6 heteroatoms. The van der Waals surface area contributed by atoms with Gasteiger partial charge in [0.25, 0.3) is 0 Å². The molecule has 0 aromatic heterocycles. The molecule has 36 heavy (non-hydrogen) atoms. The molecule has 1 aliphatic carbocycles. The minimum atomic E-state index is -0.328. The Morgan fingerprint density at radius 2 is 1.64 bits per heavy atom. The number of ether oxygens (including phenoxy) is 3. The Labute approximate surface area is 217 Å². The summed E-state index contributed by atoms with van der Waals surface area (Å²) >= 11 is 0. The van der Waals surface area contributed by atoms with Gasteiger partial charge in [-0.2, -0.15) is 0 Å². The molecule has 1 fully saturated rings. The summed E-state index contributed by atoms with van der Waals surface area (Å²) in [5.41, 5.74) is 11.1. The summed E-state index contributed by atoms with van der Waals surface area (Å²) in [6, 6.07) is 12.7. The highest BCUT2D eigenvalue weighted by Gasteiger charge is 2.46. The highest BCUT2D eigenvalue weighted by molar-refractivity contribution is 5.54. The van der Waals surface area contributed by atoms with Gasteiger partial charge >= 0.3 is 0 Å². The molecular formula is C30H45N3O3. The van der Waals surface area contributed by atoms with Crippen LogP contribution in [0.25, 0.3) is 0 Å². The van der Waals surface area contributed by atoms with Crippen molar-refractivity contribution in [1.29, 1.82) is 0 Å². The summed E-state index contributed by atoms with van der Waals surface area (Å²) in [6.07, 6.45) is 7.99. The lowest BCUT2D eigenvalue weighted by Gasteiger charge is -2.52. The third kappa shape index (κ3) is 5.66. The van der Waals surface area contributed by atoms with Gasteiger partial charge in [-0.3, -0.25) is 9.80 Å². The van der Waals surface area contributed by atoms with E-state index in [2.05, 4.69) is 41.0 Å². The van der Waals surface area contributed by atoms with Crippen molar-refractivity contribution < 1.29 is 14.2 Å². The van der Waals surface area contributed by atoms with Gasteiger partial charge in [0.1, 0.15) is 5.75 Å². The maximum absolute atomic E-state index is 7.42. The first-order chi connectivity index (χ1) is 17.5. The molecule has 0 saturated carbocycles. The fraction of sp³-hybridized carbons (Fsp3) is 0.600. The molecule has 2 N–H and O–H groups in total. The van der Waals surface area contributed by atoms with Crippen molar-refractivity contribution in [2.45, 2.75) is 70.0 Å². The quantitative estimate of drug-likeness (QED) is 0.433. The van der Waals surface area contributed by atoms with Gasteiger partial charge in [-0.15, -0.1) is 0 Å². The number of benzene rings is 2. The van der Waals surface area contributed by atoms with Crippen molar-refractivity contribution in [1.82, 2.24) is 9.80 Å². The number of rotatable bonds is 11. The van der Waals surface area contributed by atoms with E-state index in [4.69, 9.17) is 19.9 Å². The Morgan fingerprint density at radius 1 is 0.889 bits per heavy atom. The number of methoxy groups -OCH3 is 3. The van der Waals surface area contributed by atoms with Gasteiger partial charge in [0.15, 0.2) is 11.5 Å². The zero-order valence-electron chi connectivity index (χ0n) is 22.7. The van der Waals surface area contributed by atoms with Crippen LogP contribution in [0.4, 0.5) is 0 Å². The highest BCUT2D eigenvalue weighted by Crippen LogP contribution is 2.48. The SMILES string of the molecule is CCCCCCC1c2ccc(OC)c(OC)c2CCC1(N)N1CCN(Cc2ccc(OC)cc2)CC1. The van der Waals surface area contributed by atoms with E-state index in [9.17, 15) is 0 Å². The lowest BCUT2D eigenvalue weighted by atomic mass is 9.71. The average molecular weight is 496 g/mol. The summed E-state index contributed by atoms with van der Waals surface area (Å²) in [7, 11) is 5.18. The van der Waals surface area contributed by atoms with Gasteiger partial charge in [0.2, 0.25) is 0 Å². The van der Waals surface area contributed by atoms with Gasteiger partial charge in [-0.1, -0.05) is 50.8 Å². The Hall–Kier alpha value is -2.28. The van der Waals surface area contributed by atoms with Crippen LogP contribution >= 0.6 is 0 Å². The predicted molar refractivity (Wildman–Crippen MR) is 146 cm³/mol. The van der Waals surface area contributed by atoms with Crippen molar-refractivity contribution in [3.05, 3.63) is 53.1 Å². The Balaban J connectivity index is 1.50. The number of nitrogens with zero attached hydrogens (tertiary/aromatic N) is 2. The van der Waals surface area contributed by atoms with E-state index >= 15 is 0 Å². The topological polar surface area (TPSA) is 60.2 Å². The molecule has 2 aromatic carbocycles. The summed E-state index contributed by atoms with van der Waals surface area (Å²) in [4.78, 5) is 5.13. The first-order valence-electron chi connectivity index (χ1n) is 13.7. The summed E-state index contributed by atoms with van der Waals surface area (Å²) in [5, 5.41) is 0. The van der Waals surface area contributed by atoms with Crippen molar-refractivity contribution in [3.8, 4) is 17.2 Å². The van der Waals surface area contributed by atoms with Gasteiger partial charge < -0.3 is 19.9 Å². The van der Waals surface area contributed by atoms with Crippen molar-refractivity contribution in [2.75, 3.05) is 47.5 Å². The second-order valence-electron chi connectivity index (χ2n) is 10.4. The first-order valence-corrected chi connectivity index (χ1v) is 13.7. The smallest absolute Gasteiger partial charge is 0.164 e. The van der Waals surface area contributed by atoms with E-state index in [0.29, 0.717) is 5.92 Å². The van der Waals surface area contributed by atoms with Crippen LogP contribution in [-0.4, -0.2) is 63.0 Å². The van der Waals surface area contributed by atoms with Gasteiger partial charge in [-0.05, 0) is 48.6 Å². The van der Waals surface area contributed by atoms with Crippen LogP contribution in [0.5, 0.6) is 17.2 Å². The molecule has 2 aromatic rings. The van der Waals surface area contributed by atoms with E-state index in [1.807, 2.05) is 12.1 Å². The molecular weight excluding hydrogens is 450 g/mol. The summed E-state index contributed by atoms with van der Waals surface area (Å²) < 4.78 is 16.8. The summed E-state index contributed by atoms with van der Waals surface area (Å²) in [6.45, 7) is 7.31.